The molecule has 1 aliphatic heterocycles. The molecule has 11 heavy (non-hydrogen) atoms. The van der Waals surface area contributed by atoms with Gasteiger partial charge in [0.2, 0.25) is 0 Å². The zero-order valence-corrected chi connectivity index (χ0v) is 6.45. The Bertz CT molecular complexity index is 145. The van der Waals surface area contributed by atoms with Crippen molar-refractivity contribution in [3.63, 3.8) is 0 Å². The van der Waals surface area contributed by atoms with Crippen molar-refractivity contribution < 1.29 is 19.4 Å². The molecule has 1 aliphatic rings. The first-order valence-corrected chi connectivity index (χ1v) is 3.74. The van der Waals surface area contributed by atoms with Crippen molar-refractivity contribution in [3.05, 3.63) is 0 Å². The van der Waals surface area contributed by atoms with Crippen molar-refractivity contribution in [3.8, 4) is 0 Å². The van der Waals surface area contributed by atoms with Crippen LogP contribution in [-0.4, -0.2) is 30.1 Å². The molecule has 64 valence electrons. The van der Waals surface area contributed by atoms with E-state index in [1.807, 2.05) is 6.92 Å². The number of rotatable bonds is 3. The molecule has 2 atom stereocenters. The number of hydrogen-bond acceptors (Lipinski definition) is 3. The van der Waals surface area contributed by atoms with Crippen LogP contribution in [0.3, 0.4) is 0 Å². The van der Waals surface area contributed by atoms with Crippen LogP contribution in [0, 0.1) is 0 Å². The Hall–Kier alpha value is -0.610. The molecule has 1 saturated heterocycles. The van der Waals surface area contributed by atoms with Crippen LogP contribution in [0.5, 0.6) is 0 Å². The highest BCUT2D eigenvalue weighted by Gasteiger charge is 2.30. The highest BCUT2D eigenvalue weighted by Crippen LogP contribution is 2.15. The van der Waals surface area contributed by atoms with E-state index in [-0.39, 0.29) is 12.9 Å². The van der Waals surface area contributed by atoms with Crippen molar-refractivity contribution in [1.82, 2.24) is 0 Å². The average molecular weight is 160 g/mol. The number of carbonyl (C=O) groups is 1. The monoisotopic (exact) mass is 160 g/mol. The maximum Gasteiger partial charge on any atom is 0.335 e. The van der Waals surface area contributed by atoms with Gasteiger partial charge in [-0.15, -0.1) is 0 Å². The van der Waals surface area contributed by atoms with Gasteiger partial charge in [0.15, 0.2) is 12.4 Å². The highest BCUT2D eigenvalue weighted by atomic mass is 16.7. The SMILES string of the molecule is CCCC1OCC(C(=O)O)O1. The molecule has 0 aliphatic carbocycles. The molecule has 0 saturated carbocycles. The lowest BCUT2D eigenvalue weighted by Crippen LogP contribution is -2.22. The van der Waals surface area contributed by atoms with Gasteiger partial charge in [0.25, 0.3) is 0 Å². The first kappa shape index (κ1) is 8.49. The molecule has 4 nitrogen and oxygen atoms in total. The number of aliphatic carboxylic acids is 1. The van der Waals surface area contributed by atoms with Crippen molar-refractivity contribution >= 4 is 5.97 Å². The van der Waals surface area contributed by atoms with Crippen LogP contribution in [0.25, 0.3) is 0 Å². The fourth-order valence-electron chi connectivity index (χ4n) is 0.973. The number of carboxylic acids is 1. The second-order valence-electron chi connectivity index (χ2n) is 2.51. The van der Waals surface area contributed by atoms with E-state index in [9.17, 15) is 4.79 Å². The zero-order valence-electron chi connectivity index (χ0n) is 6.45. The van der Waals surface area contributed by atoms with Gasteiger partial charge in [-0.2, -0.15) is 0 Å². The molecule has 0 spiro atoms. The first-order chi connectivity index (χ1) is 5.24. The van der Waals surface area contributed by atoms with Crippen molar-refractivity contribution in [2.45, 2.75) is 32.2 Å². The van der Waals surface area contributed by atoms with Crippen LogP contribution < -0.4 is 0 Å². The quantitative estimate of drug-likeness (QED) is 0.657. The minimum atomic E-state index is -0.941. The molecule has 2 unspecified atom stereocenters. The summed E-state index contributed by atoms with van der Waals surface area (Å²) in [6.45, 7) is 2.18. The molecule has 0 bridgehead atoms. The van der Waals surface area contributed by atoms with Crippen LogP contribution in [-0.2, 0) is 14.3 Å². The molecule has 0 amide bonds. The topological polar surface area (TPSA) is 55.8 Å². The summed E-state index contributed by atoms with van der Waals surface area (Å²) in [6, 6.07) is 0. The van der Waals surface area contributed by atoms with E-state index in [1.54, 1.807) is 0 Å². The van der Waals surface area contributed by atoms with Crippen molar-refractivity contribution in [2.75, 3.05) is 6.61 Å². The van der Waals surface area contributed by atoms with Gasteiger partial charge in [-0.3, -0.25) is 0 Å². The van der Waals surface area contributed by atoms with Gasteiger partial charge in [0, 0.05) is 0 Å². The third-order valence-corrected chi connectivity index (χ3v) is 1.55. The summed E-state index contributed by atoms with van der Waals surface area (Å²) < 4.78 is 10.1. The fourth-order valence-corrected chi connectivity index (χ4v) is 0.973. The molecule has 1 N–H and O–H groups in total. The minimum Gasteiger partial charge on any atom is -0.479 e. The Kier molecular flexibility index (Phi) is 2.84. The van der Waals surface area contributed by atoms with E-state index >= 15 is 0 Å². The Morgan fingerprint density at radius 3 is 2.91 bits per heavy atom. The van der Waals surface area contributed by atoms with E-state index < -0.39 is 12.1 Å². The van der Waals surface area contributed by atoms with Gasteiger partial charge in [-0.05, 0) is 6.42 Å². The predicted molar refractivity (Wildman–Crippen MR) is 37.2 cm³/mol. The molecule has 0 aromatic rings. The van der Waals surface area contributed by atoms with Gasteiger partial charge in [-0.25, -0.2) is 4.79 Å². The summed E-state index contributed by atoms with van der Waals surface area (Å²) in [5.74, 6) is -0.941. The average Bonchev–Trinajstić information content (AvgIpc) is 2.37. The smallest absolute Gasteiger partial charge is 0.335 e. The van der Waals surface area contributed by atoms with Crippen LogP contribution in [0.15, 0.2) is 0 Å². The summed E-state index contributed by atoms with van der Waals surface area (Å²) in [7, 11) is 0. The van der Waals surface area contributed by atoms with Gasteiger partial charge < -0.3 is 14.6 Å². The van der Waals surface area contributed by atoms with Crippen LogP contribution >= 0.6 is 0 Å². The van der Waals surface area contributed by atoms with Crippen molar-refractivity contribution in [2.24, 2.45) is 0 Å². The van der Waals surface area contributed by atoms with Gasteiger partial charge in [0.1, 0.15) is 0 Å². The summed E-state index contributed by atoms with van der Waals surface area (Å²) in [6.07, 6.45) is 0.647. The minimum absolute atomic E-state index is 0.181. The molecule has 0 aromatic carbocycles. The van der Waals surface area contributed by atoms with Crippen LogP contribution in [0.4, 0.5) is 0 Å². The van der Waals surface area contributed by atoms with E-state index in [2.05, 4.69) is 0 Å². The zero-order chi connectivity index (χ0) is 8.27. The summed E-state index contributed by atoms with van der Waals surface area (Å²) in [4.78, 5) is 10.3. The normalized spacial score (nSPS) is 30.6. The lowest BCUT2D eigenvalue weighted by molar-refractivity contribution is -0.150. The summed E-state index contributed by atoms with van der Waals surface area (Å²) >= 11 is 0. The largest absolute Gasteiger partial charge is 0.479 e. The van der Waals surface area contributed by atoms with Gasteiger partial charge >= 0.3 is 5.97 Å². The molecular formula is C7H12O4. The Morgan fingerprint density at radius 1 is 1.73 bits per heavy atom. The second-order valence-corrected chi connectivity index (χ2v) is 2.51. The standard InChI is InChI=1S/C7H12O4/c1-2-3-6-10-4-5(11-6)7(8)9/h5-6H,2-4H2,1H3,(H,8,9). The maximum absolute atomic E-state index is 10.3. The molecule has 1 heterocycles. The molecular weight excluding hydrogens is 148 g/mol. The maximum atomic E-state index is 10.3. The van der Waals surface area contributed by atoms with Crippen molar-refractivity contribution in [1.29, 1.82) is 0 Å². The van der Waals surface area contributed by atoms with Gasteiger partial charge in [0.05, 0.1) is 6.61 Å². The lowest BCUT2D eigenvalue weighted by atomic mass is 10.3. The fraction of sp³-hybridized carbons (Fsp3) is 0.857. The first-order valence-electron chi connectivity index (χ1n) is 3.74. The third kappa shape index (κ3) is 2.17. The van der Waals surface area contributed by atoms with Crippen LogP contribution in [0.1, 0.15) is 19.8 Å². The van der Waals surface area contributed by atoms with Crippen LogP contribution in [0.2, 0.25) is 0 Å². The number of hydrogen-bond donors (Lipinski definition) is 1. The molecule has 0 aromatic heterocycles. The highest BCUT2D eigenvalue weighted by molar-refractivity contribution is 5.72. The summed E-state index contributed by atoms with van der Waals surface area (Å²) in [5, 5.41) is 8.49. The van der Waals surface area contributed by atoms with Gasteiger partial charge in [-0.1, -0.05) is 13.3 Å². The third-order valence-electron chi connectivity index (χ3n) is 1.55. The lowest BCUT2D eigenvalue weighted by Gasteiger charge is -2.06. The molecule has 0 radical (unpaired) electrons. The second kappa shape index (κ2) is 3.69. The Morgan fingerprint density at radius 2 is 2.45 bits per heavy atom. The summed E-state index contributed by atoms with van der Waals surface area (Å²) in [5.41, 5.74) is 0. The Labute approximate surface area is 65.1 Å². The molecule has 1 rings (SSSR count). The van der Waals surface area contributed by atoms with E-state index in [0.717, 1.165) is 12.8 Å². The number of carboxylic acid groups (broad SMARTS) is 1. The van der Waals surface area contributed by atoms with E-state index in [4.69, 9.17) is 14.6 Å². The van der Waals surface area contributed by atoms with E-state index in [0.29, 0.717) is 0 Å². The van der Waals surface area contributed by atoms with E-state index in [1.165, 1.54) is 0 Å². The number of ether oxygens (including phenoxy) is 2. The molecule has 4 heteroatoms. The predicted octanol–water partition coefficient (Wildman–Crippen LogP) is 0.613. The molecule has 1 fully saturated rings. The Balaban J connectivity index is 2.29.